The number of fused-ring (bicyclic) bond motifs is 3. The first kappa shape index (κ1) is 26.9. The van der Waals surface area contributed by atoms with Gasteiger partial charge in [0.15, 0.2) is 0 Å². The topological polar surface area (TPSA) is 100 Å². The molecule has 0 amide bonds. The van der Waals surface area contributed by atoms with E-state index in [2.05, 4.69) is 59.2 Å². The Hall–Kier alpha value is -6.92. The van der Waals surface area contributed by atoms with Crippen molar-refractivity contribution in [3.8, 4) is 63.3 Å². The van der Waals surface area contributed by atoms with Gasteiger partial charge in [-0.15, -0.1) is 0 Å². The van der Waals surface area contributed by atoms with E-state index in [1.54, 1.807) is 12.1 Å². The van der Waals surface area contributed by atoms with Crippen LogP contribution in [0.25, 0.3) is 60.9 Å². The summed E-state index contributed by atoms with van der Waals surface area (Å²) < 4.78 is 2.05. The molecule has 0 bridgehead atoms. The zero-order valence-corrected chi connectivity index (χ0v) is 23.9. The maximum atomic E-state index is 10.1. The minimum Gasteiger partial charge on any atom is -0.309 e. The molecule has 0 unspecified atom stereocenters. The highest BCUT2D eigenvalue weighted by Gasteiger charge is 2.16. The third-order valence-corrected chi connectivity index (χ3v) is 8.03. The summed E-state index contributed by atoms with van der Waals surface area (Å²) in [6.45, 7) is 0. The molecule has 7 rings (SSSR count). The van der Waals surface area contributed by atoms with E-state index in [4.69, 9.17) is 0 Å². The smallest absolute Gasteiger partial charge is 0.0992 e. The minimum absolute atomic E-state index is 0.467. The van der Waals surface area contributed by atoms with Gasteiger partial charge in [0, 0.05) is 16.5 Å². The lowest BCUT2D eigenvalue weighted by molar-refractivity contribution is 1.18. The van der Waals surface area contributed by atoms with E-state index >= 15 is 0 Å². The van der Waals surface area contributed by atoms with Crippen LogP contribution in [-0.2, 0) is 0 Å². The van der Waals surface area contributed by atoms with Crippen molar-refractivity contribution in [1.82, 2.24) is 4.57 Å². The Morgan fingerprint density at radius 1 is 0.356 bits per heavy atom. The summed E-state index contributed by atoms with van der Waals surface area (Å²) in [4.78, 5) is 0. The van der Waals surface area contributed by atoms with Gasteiger partial charge in [0.25, 0.3) is 0 Å². The van der Waals surface area contributed by atoms with Crippen molar-refractivity contribution in [2.24, 2.45) is 0 Å². The highest BCUT2D eigenvalue weighted by molar-refractivity contribution is 6.10. The molecule has 0 atom stereocenters. The maximum absolute atomic E-state index is 10.1. The van der Waals surface area contributed by atoms with Crippen LogP contribution in [0.5, 0.6) is 0 Å². The molecule has 206 valence electrons. The molecule has 5 heteroatoms. The van der Waals surface area contributed by atoms with Crippen LogP contribution in [0, 0.1) is 45.3 Å². The molecule has 7 aromatic rings. The van der Waals surface area contributed by atoms with E-state index < -0.39 is 0 Å². The number of rotatable bonds is 4. The van der Waals surface area contributed by atoms with E-state index in [1.807, 2.05) is 84.9 Å². The van der Waals surface area contributed by atoms with Crippen molar-refractivity contribution in [3.63, 3.8) is 0 Å². The summed E-state index contributed by atoms with van der Waals surface area (Å²) in [6, 6.07) is 49.9. The highest BCUT2D eigenvalue weighted by Crippen LogP contribution is 2.36. The van der Waals surface area contributed by atoms with Crippen LogP contribution in [0.4, 0.5) is 0 Å². The molecular formula is C40H21N5. The van der Waals surface area contributed by atoms with Crippen LogP contribution < -0.4 is 0 Å². The molecule has 1 aromatic heterocycles. The molecule has 0 aliphatic rings. The fraction of sp³-hybridized carbons (Fsp3) is 0. The molecule has 5 nitrogen and oxygen atoms in total. The van der Waals surface area contributed by atoms with E-state index in [0.29, 0.717) is 22.3 Å². The van der Waals surface area contributed by atoms with Crippen LogP contribution in [0.15, 0.2) is 127 Å². The molecule has 6 aromatic carbocycles. The first-order chi connectivity index (χ1) is 22.1. The number of hydrogen-bond donors (Lipinski definition) is 0. The standard InChI is InChI=1S/C40H21N5/c41-22-26-9-11-39-37(17-26)38-18-27(23-42)10-12-40(38)45(39)36-16-29(25-44)15-35(21-36)34-14-28(24-43)13-33(20-34)32-8-4-7-31(19-32)30-5-2-1-3-6-30/h1-21H. The summed E-state index contributed by atoms with van der Waals surface area (Å²) in [5.41, 5.74) is 10.2. The fourth-order valence-corrected chi connectivity index (χ4v) is 5.95. The van der Waals surface area contributed by atoms with Crippen molar-refractivity contribution >= 4 is 21.8 Å². The maximum Gasteiger partial charge on any atom is 0.0992 e. The Morgan fingerprint density at radius 2 is 0.822 bits per heavy atom. The van der Waals surface area contributed by atoms with E-state index in [0.717, 1.165) is 60.9 Å². The van der Waals surface area contributed by atoms with Gasteiger partial charge in [0.1, 0.15) is 0 Å². The molecule has 0 spiro atoms. The van der Waals surface area contributed by atoms with Gasteiger partial charge in [-0.1, -0.05) is 48.5 Å². The summed E-state index contributed by atoms with van der Waals surface area (Å²) in [5.74, 6) is 0. The van der Waals surface area contributed by atoms with Crippen LogP contribution >= 0.6 is 0 Å². The molecule has 0 aliphatic heterocycles. The summed E-state index contributed by atoms with van der Waals surface area (Å²) >= 11 is 0. The number of benzene rings is 6. The van der Waals surface area contributed by atoms with Gasteiger partial charge >= 0.3 is 0 Å². The van der Waals surface area contributed by atoms with Gasteiger partial charge in [0.2, 0.25) is 0 Å². The molecule has 0 N–H and O–H groups in total. The van der Waals surface area contributed by atoms with Gasteiger partial charge < -0.3 is 4.57 Å². The molecule has 0 aliphatic carbocycles. The molecule has 0 saturated heterocycles. The molecule has 1 heterocycles. The lowest BCUT2D eigenvalue weighted by Gasteiger charge is -2.13. The molecular weight excluding hydrogens is 550 g/mol. The Bertz CT molecular complexity index is 2400. The Balaban J connectivity index is 1.43. The lowest BCUT2D eigenvalue weighted by Crippen LogP contribution is -1.96. The second-order valence-corrected chi connectivity index (χ2v) is 10.8. The second-order valence-electron chi connectivity index (χ2n) is 10.8. The van der Waals surface area contributed by atoms with E-state index in [-0.39, 0.29) is 0 Å². The Kier molecular flexibility index (Phi) is 6.62. The number of hydrogen-bond acceptors (Lipinski definition) is 4. The highest BCUT2D eigenvalue weighted by atomic mass is 15.0. The average molecular weight is 572 g/mol. The first-order valence-corrected chi connectivity index (χ1v) is 14.2. The summed E-state index contributed by atoms with van der Waals surface area (Å²) in [5, 5.41) is 40.9. The summed E-state index contributed by atoms with van der Waals surface area (Å²) in [6.07, 6.45) is 0. The van der Waals surface area contributed by atoms with Crippen LogP contribution in [0.2, 0.25) is 0 Å². The predicted molar refractivity (Wildman–Crippen MR) is 176 cm³/mol. The second kappa shape index (κ2) is 11.1. The van der Waals surface area contributed by atoms with Gasteiger partial charge in [0.05, 0.1) is 57.6 Å². The normalized spacial score (nSPS) is 10.6. The Morgan fingerprint density at radius 3 is 1.40 bits per heavy atom. The van der Waals surface area contributed by atoms with Crippen molar-refractivity contribution in [2.45, 2.75) is 0 Å². The number of nitriles is 4. The van der Waals surface area contributed by atoms with Crippen molar-refractivity contribution in [2.75, 3.05) is 0 Å². The van der Waals surface area contributed by atoms with Gasteiger partial charge in [-0.25, -0.2) is 0 Å². The molecule has 0 fully saturated rings. The van der Waals surface area contributed by atoms with E-state index in [1.165, 1.54) is 0 Å². The minimum atomic E-state index is 0.467. The van der Waals surface area contributed by atoms with Crippen LogP contribution in [-0.4, -0.2) is 4.57 Å². The third-order valence-electron chi connectivity index (χ3n) is 8.03. The SMILES string of the molecule is N#Cc1cc(-c2cccc(-c3ccccc3)c2)cc(-c2cc(C#N)cc(-n3c4ccc(C#N)cc4c4cc(C#N)ccc43)c2)c1. The van der Waals surface area contributed by atoms with E-state index in [9.17, 15) is 21.0 Å². The monoisotopic (exact) mass is 571 g/mol. The fourth-order valence-electron chi connectivity index (χ4n) is 5.95. The number of nitrogens with zero attached hydrogens (tertiary/aromatic N) is 5. The van der Waals surface area contributed by atoms with Crippen molar-refractivity contribution < 1.29 is 0 Å². The zero-order chi connectivity index (χ0) is 30.9. The average Bonchev–Trinajstić information content (AvgIpc) is 3.44. The van der Waals surface area contributed by atoms with Crippen molar-refractivity contribution in [1.29, 1.82) is 21.0 Å². The van der Waals surface area contributed by atoms with Crippen molar-refractivity contribution in [3.05, 3.63) is 150 Å². The van der Waals surface area contributed by atoms with Gasteiger partial charge in [-0.05, 0) is 112 Å². The Labute approximate surface area is 259 Å². The largest absolute Gasteiger partial charge is 0.309 e. The zero-order valence-electron chi connectivity index (χ0n) is 23.9. The molecule has 45 heavy (non-hydrogen) atoms. The first-order valence-electron chi connectivity index (χ1n) is 14.2. The lowest BCUT2D eigenvalue weighted by atomic mass is 9.93. The van der Waals surface area contributed by atoms with Gasteiger partial charge in [-0.2, -0.15) is 21.0 Å². The predicted octanol–water partition coefficient (Wildman–Crippen LogP) is 9.27. The number of aromatic nitrogens is 1. The van der Waals surface area contributed by atoms with Gasteiger partial charge in [-0.3, -0.25) is 0 Å². The molecule has 0 saturated carbocycles. The summed E-state index contributed by atoms with van der Waals surface area (Å²) in [7, 11) is 0. The third kappa shape index (κ3) is 4.84. The van der Waals surface area contributed by atoms with Crippen LogP contribution in [0.3, 0.4) is 0 Å². The van der Waals surface area contributed by atoms with Crippen LogP contribution in [0.1, 0.15) is 22.3 Å². The molecule has 0 radical (unpaired) electrons. The quantitative estimate of drug-likeness (QED) is 0.210.